The summed E-state index contributed by atoms with van der Waals surface area (Å²) in [5, 5.41) is 6.18. The molecule has 1 unspecified atom stereocenters. The van der Waals surface area contributed by atoms with Gasteiger partial charge in [-0.15, -0.1) is 0 Å². The maximum Gasteiger partial charge on any atom is 0.221 e. The summed E-state index contributed by atoms with van der Waals surface area (Å²) in [7, 11) is 1.97. The molecule has 0 aliphatic rings. The fourth-order valence-electron chi connectivity index (χ4n) is 2.04. The third kappa shape index (κ3) is 4.53. The summed E-state index contributed by atoms with van der Waals surface area (Å²) in [5.74, 6) is 0.112. The molecule has 0 spiro atoms. The topological polar surface area (TPSA) is 46.1 Å². The molecule has 1 heterocycles. The molecule has 4 heteroatoms. The minimum absolute atomic E-state index is 0.112. The van der Waals surface area contributed by atoms with E-state index < -0.39 is 0 Å². The Morgan fingerprint density at radius 2 is 2.17 bits per heavy atom. The zero-order valence-electron chi connectivity index (χ0n) is 11.9. The SMILES string of the molecule is CCC(NC)c1ccn(CCC(=O)NC(C)C)c1. The highest BCUT2D eigenvalue weighted by atomic mass is 16.1. The summed E-state index contributed by atoms with van der Waals surface area (Å²) in [4.78, 5) is 11.5. The van der Waals surface area contributed by atoms with Crippen molar-refractivity contribution in [2.24, 2.45) is 0 Å². The molecule has 102 valence electrons. The lowest BCUT2D eigenvalue weighted by atomic mass is 10.1. The lowest BCUT2D eigenvalue weighted by Gasteiger charge is -2.11. The van der Waals surface area contributed by atoms with Crippen LogP contribution in [0, 0.1) is 0 Å². The molecular weight excluding hydrogens is 226 g/mol. The molecule has 1 atom stereocenters. The number of aromatic nitrogens is 1. The van der Waals surface area contributed by atoms with Crippen molar-refractivity contribution in [2.75, 3.05) is 7.05 Å². The number of amides is 1. The molecule has 0 saturated heterocycles. The van der Waals surface area contributed by atoms with E-state index in [9.17, 15) is 4.79 Å². The van der Waals surface area contributed by atoms with Gasteiger partial charge in [0.15, 0.2) is 0 Å². The predicted octanol–water partition coefficient (Wildman–Crippen LogP) is 2.07. The largest absolute Gasteiger partial charge is 0.354 e. The highest BCUT2D eigenvalue weighted by Gasteiger charge is 2.08. The van der Waals surface area contributed by atoms with Crippen LogP contribution in [-0.2, 0) is 11.3 Å². The second-order valence-electron chi connectivity index (χ2n) is 4.90. The monoisotopic (exact) mass is 251 g/mol. The van der Waals surface area contributed by atoms with Crippen molar-refractivity contribution in [2.45, 2.75) is 52.2 Å². The molecule has 0 fully saturated rings. The summed E-state index contributed by atoms with van der Waals surface area (Å²) in [6.07, 6.45) is 5.75. The van der Waals surface area contributed by atoms with Gasteiger partial charge in [-0.2, -0.15) is 0 Å². The summed E-state index contributed by atoms with van der Waals surface area (Å²) in [5.41, 5.74) is 1.28. The summed E-state index contributed by atoms with van der Waals surface area (Å²) < 4.78 is 2.08. The van der Waals surface area contributed by atoms with E-state index in [1.807, 2.05) is 27.1 Å². The van der Waals surface area contributed by atoms with E-state index in [1.54, 1.807) is 0 Å². The van der Waals surface area contributed by atoms with Gasteiger partial charge in [0.25, 0.3) is 0 Å². The number of nitrogens with zero attached hydrogens (tertiary/aromatic N) is 1. The minimum atomic E-state index is 0.112. The molecule has 0 radical (unpaired) electrons. The van der Waals surface area contributed by atoms with Crippen LogP contribution in [0.15, 0.2) is 18.5 Å². The van der Waals surface area contributed by atoms with Crippen molar-refractivity contribution in [3.63, 3.8) is 0 Å². The summed E-state index contributed by atoms with van der Waals surface area (Å²) in [6, 6.07) is 2.73. The Bertz CT molecular complexity index is 367. The van der Waals surface area contributed by atoms with Crippen LogP contribution in [0.1, 0.15) is 45.2 Å². The van der Waals surface area contributed by atoms with Gasteiger partial charge in [-0.25, -0.2) is 0 Å². The molecule has 18 heavy (non-hydrogen) atoms. The van der Waals surface area contributed by atoms with Crippen LogP contribution >= 0.6 is 0 Å². The van der Waals surface area contributed by atoms with Gasteiger partial charge in [-0.3, -0.25) is 4.79 Å². The molecule has 2 N–H and O–H groups in total. The Morgan fingerprint density at radius 3 is 2.72 bits per heavy atom. The maximum absolute atomic E-state index is 11.5. The van der Waals surface area contributed by atoms with Crippen molar-refractivity contribution in [1.29, 1.82) is 0 Å². The minimum Gasteiger partial charge on any atom is -0.354 e. The smallest absolute Gasteiger partial charge is 0.221 e. The summed E-state index contributed by atoms with van der Waals surface area (Å²) in [6.45, 7) is 6.85. The average Bonchev–Trinajstić information content (AvgIpc) is 2.76. The van der Waals surface area contributed by atoms with Crippen LogP contribution in [0.2, 0.25) is 0 Å². The van der Waals surface area contributed by atoms with E-state index in [1.165, 1.54) is 5.56 Å². The van der Waals surface area contributed by atoms with E-state index in [-0.39, 0.29) is 11.9 Å². The third-order valence-electron chi connectivity index (χ3n) is 2.98. The highest BCUT2D eigenvalue weighted by Crippen LogP contribution is 2.16. The quantitative estimate of drug-likeness (QED) is 0.779. The first-order valence-corrected chi connectivity index (χ1v) is 6.69. The lowest BCUT2D eigenvalue weighted by molar-refractivity contribution is -0.121. The van der Waals surface area contributed by atoms with Gasteiger partial charge >= 0.3 is 0 Å². The van der Waals surface area contributed by atoms with Gasteiger partial charge in [0.1, 0.15) is 0 Å². The zero-order chi connectivity index (χ0) is 13.5. The van der Waals surface area contributed by atoms with Crippen LogP contribution in [0.5, 0.6) is 0 Å². The number of aryl methyl sites for hydroxylation is 1. The standard InChI is InChI=1S/C14H25N3O/c1-5-13(15-4)12-6-8-17(10-12)9-7-14(18)16-11(2)3/h6,8,10-11,13,15H,5,7,9H2,1-4H3,(H,16,18). The molecule has 0 saturated carbocycles. The Morgan fingerprint density at radius 1 is 1.44 bits per heavy atom. The molecular formula is C14H25N3O. The van der Waals surface area contributed by atoms with Crippen molar-refractivity contribution < 1.29 is 4.79 Å². The first-order valence-electron chi connectivity index (χ1n) is 6.69. The lowest BCUT2D eigenvalue weighted by Crippen LogP contribution is -2.30. The van der Waals surface area contributed by atoms with Crippen LogP contribution in [0.3, 0.4) is 0 Å². The Balaban J connectivity index is 2.46. The van der Waals surface area contributed by atoms with Gasteiger partial charge in [0, 0.05) is 37.4 Å². The van der Waals surface area contributed by atoms with Crippen LogP contribution in [0.25, 0.3) is 0 Å². The van der Waals surface area contributed by atoms with Gasteiger partial charge in [-0.1, -0.05) is 6.92 Å². The molecule has 1 aromatic rings. The zero-order valence-corrected chi connectivity index (χ0v) is 11.9. The molecule has 0 aromatic carbocycles. The van der Waals surface area contributed by atoms with E-state index in [0.29, 0.717) is 12.5 Å². The van der Waals surface area contributed by atoms with Gasteiger partial charge in [0.05, 0.1) is 0 Å². The Labute approximate surface area is 110 Å². The van der Waals surface area contributed by atoms with Crippen LogP contribution < -0.4 is 10.6 Å². The average molecular weight is 251 g/mol. The van der Waals surface area contributed by atoms with Gasteiger partial charge < -0.3 is 15.2 Å². The van der Waals surface area contributed by atoms with Crippen molar-refractivity contribution >= 4 is 5.91 Å². The first-order chi connectivity index (χ1) is 8.56. The third-order valence-corrected chi connectivity index (χ3v) is 2.98. The van der Waals surface area contributed by atoms with E-state index in [0.717, 1.165) is 13.0 Å². The molecule has 0 aliphatic heterocycles. The maximum atomic E-state index is 11.5. The number of carbonyl (C=O) groups excluding carboxylic acids is 1. The van der Waals surface area contributed by atoms with Gasteiger partial charge in [0.2, 0.25) is 5.91 Å². The fourth-order valence-corrected chi connectivity index (χ4v) is 2.04. The number of hydrogen-bond donors (Lipinski definition) is 2. The van der Waals surface area contributed by atoms with Crippen LogP contribution in [0.4, 0.5) is 0 Å². The first kappa shape index (κ1) is 14.8. The number of carbonyl (C=O) groups is 1. The second kappa shape index (κ2) is 7.21. The van der Waals surface area contributed by atoms with Crippen molar-refractivity contribution in [3.8, 4) is 0 Å². The predicted molar refractivity (Wildman–Crippen MR) is 74.4 cm³/mol. The molecule has 0 aliphatic carbocycles. The van der Waals surface area contributed by atoms with E-state index >= 15 is 0 Å². The number of rotatable bonds is 7. The van der Waals surface area contributed by atoms with E-state index in [2.05, 4.69) is 34.4 Å². The fraction of sp³-hybridized carbons (Fsp3) is 0.643. The van der Waals surface area contributed by atoms with Crippen LogP contribution in [-0.4, -0.2) is 23.6 Å². The Kier molecular flexibility index (Phi) is 5.92. The molecule has 1 rings (SSSR count). The Hall–Kier alpha value is -1.29. The van der Waals surface area contributed by atoms with Crippen molar-refractivity contribution in [3.05, 3.63) is 24.0 Å². The number of hydrogen-bond acceptors (Lipinski definition) is 2. The highest BCUT2D eigenvalue weighted by molar-refractivity contribution is 5.76. The molecule has 4 nitrogen and oxygen atoms in total. The molecule has 0 bridgehead atoms. The summed E-state index contributed by atoms with van der Waals surface area (Å²) >= 11 is 0. The number of nitrogens with one attached hydrogen (secondary N) is 2. The molecule has 1 aromatic heterocycles. The normalized spacial score (nSPS) is 12.7. The van der Waals surface area contributed by atoms with Gasteiger partial charge in [-0.05, 0) is 38.9 Å². The molecule has 1 amide bonds. The van der Waals surface area contributed by atoms with E-state index in [4.69, 9.17) is 0 Å². The van der Waals surface area contributed by atoms with Crippen molar-refractivity contribution in [1.82, 2.24) is 15.2 Å². The second-order valence-corrected chi connectivity index (χ2v) is 4.90.